The highest BCUT2D eigenvalue weighted by atomic mass is 16.6. The Morgan fingerprint density at radius 1 is 1.22 bits per heavy atom. The highest BCUT2D eigenvalue weighted by molar-refractivity contribution is 5.79. The lowest BCUT2D eigenvalue weighted by Gasteiger charge is -2.22. The molecule has 104 valence electrons. The summed E-state index contributed by atoms with van der Waals surface area (Å²) >= 11 is 0. The molecule has 0 aromatic heterocycles. The van der Waals surface area contributed by atoms with E-state index >= 15 is 0 Å². The zero-order chi connectivity index (χ0) is 13.8. The SMILES string of the molecule is C[C@H](CC(=O)OC1CCCC1)C(=O)OC(C)(C)C. The van der Waals surface area contributed by atoms with E-state index in [4.69, 9.17) is 9.47 Å². The van der Waals surface area contributed by atoms with Crippen LogP contribution in [0.15, 0.2) is 0 Å². The van der Waals surface area contributed by atoms with Gasteiger partial charge in [-0.2, -0.15) is 0 Å². The Morgan fingerprint density at radius 2 is 1.78 bits per heavy atom. The van der Waals surface area contributed by atoms with Crippen molar-refractivity contribution in [2.75, 3.05) is 0 Å². The number of hydrogen-bond acceptors (Lipinski definition) is 4. The molecular weight excluding hydrogens is 232 g/mol. The summed E-state index contributed by atoms with van der Waals surface area (Å²) in [4.78, 5) is 23.4. The molecule has 0 aromatic carbocycles. The van der Waals surface area contributed by atoms with Crippen LogP contribution in [0.5, 0.6) is 0 Å². The minimum Gasteiger partial charge on any atom is -0.462 e. The number of ether oxygens (including phenoxy) is 2. The largest absolute Gasteiger partial charge is 0.462 e. The molecule has 4 nitrogen and oxygen atoms in total. The van der Waals surface area contributed by atoms with Gasteiger partial charge in [0.05, 0.1) is 12.3 Å². The van der Waals surface area contributed by atoms with Crippen LogP contribution in [0.1, 0.15) is 59.8 Å². The highest BCUT2D eigenvalue weighted by Gasteiger charge is 2.26. The van der Waals surface area contributed by atoms with Crippen molar-refractivity contribution in [3.05, 3.63) is 0 Å². The van der Waals surface area contributed by atoms with E-state index < -0.39 is 11.5 Å². The van der Waals surface area contributed by atoms with E-state index in [2.05, 4.69) is 0 Å². The molecule has 1 rings (SSSR count). The molecule has 0 N–H and O–H groups in total. The fourth-order valence-electron chi connectivity index (χ4n) is 1.98. The van der Waals surface area contributed by atoms with Gasteiger partial charge >= 0.3 is 11.9 Å². The number of carbonyl (C=O) groups is 2. The molecule has 0 saturated heterocycles. The van der Waals surface area contributed by atoms with Crippen LogP contribution in [-0.2, 0) is 19.1 Å². The predicted octanol–water partition coefficient (Wildman–Crippen LogP) is 2.84. The van der Waals surface area contributed by atoms with Gasteiger partial charge in [0.15, 0.2) is 0 Å². The minimum absolute atomic E-state index is 0.0586. The zero-order valence-electron chi connectivity index (χ0n) is 11.8. The number of esters is 2. The summed E-state index contributed by atoms with van der Waals surface area (Å²) in [5.74, 6) is -1.08. The fraction of sp³-hybridized carbons (Fsp3) is 0.857. The van der Waals surface area contributed by atoms with Crippen molar-refractivity contribution >= 4 is 11.9 Å². The van der Waals surface area contributed by atoms with E-state index in [-0.39, 0.29) is 24.5 Å². The molecule has 0 unspecified atom stereocenters. The molecule has 0 bridgehead atoms. The summed E-state index contributed by atoms with van der Waals surface area (Å²) in [5, 5.41) is 0. The van der Waals surface area contributed by atoms with Gasteiger partial charge in [-0.15, -0.1) is 0 Å². The maximum absolute atomic E-state index is 11.7. The Labute approximate surface area is 109 Å². The monoisotopic (exact) mass is 256 g/mol. The van der Waals surface area contributed by atoms with Gasteiger partial charge < -0.3 is 9.47 Å². The minimum atomic E-state index is -0.513. The Bertz CT molecular complexity index is 297. The van der Waals surface area contributed by atoms with Gasteiger partial charge in [-0.05, 0) is 46.5 Å². The lowest BCUT2D eigenvalue weighted by atomic mass is 10.1. The van der Waals surface area contributed by atoms with Crippen LogP contribution in [0.2, 0.25) is 0 Å². The second-order valence-electron chi connectivity index (χ2n) is 6.03. The van der Waals surface area contributed by atoms with Gasteiger partial charge in [0.2, 0.25) is 0 Å². The quantitative estimate of drug-likeness (QED) is 0.726. The van der Waals surface area contributed by atoms with Gasteiger partial charge in [0.1, 0.15) is 11.7 Å². The summed E-state index contributed by atoms with van der Waals surface area (Å²) in [5.41, 5.74) is -0.513. The number of carbonyl (C=O) groups excluding carboxylic acids is 2. The van der Waals surface area contributed by atoms with Gasteiger partial charge in [0, 0.05) is 0 Å². The summed E-state index contributed by atoms with van der Waals surface area (Å²) < 4.78 is 10.5. The fourth-order valence-corrected chi connectivity index (χ4v) is 1.98. The zero-order valence-corrected chi connectivity index (χ0v) is 11.8. The van der Waals surface area contributed by atoms with Crippen LogP contribution < -0.4 is 0 Å². The van der Waals surface area contributed by atoms with Gasteiger partial charge in [-0.3, -0.25) is 9.59 Å². The Morgan fingerprint density at radius 3 is 2.28 bits per heavy atom. The molecule has 0 heterocycles. The van der Waals surface area contributed by atoms with Crippen LogP contribution in [0.3, 0.4) is 0 Å². The first-order valence-electron chi connectivity index (χ1n) is 6.70. The third-order valence-electron chi connectivity index (χ3n) is 2.88. The van der Waals surface area contributed by atoms with Crippen molar-refractivity contribution in [1.29, 1.82) is 0 Å². The molecule has 0 radical (unpaired) electrons. The molecule has 0 aromatic rings. The number of rotatable bonds is 4. The van der Waals surface area contributed by atoms with Crippen LogP contribution in [0.4, 0.5) is 0 Å². The van der Waals surface area contributed by atoms with Crippen molar-refractivity contribution in [1.82, 2.24) is 0 Å². The van der Waals surface area contributed by atoms with Crippen molar-refractivity contribution in [2.24, 2.45) is 5.92 Å². The van der Waals surface area contributed by atoms with E-state index in [1.54, 1.807) is 6.92 Å². The first kappa shape index (κ1) is 15.0. The van der Waals surface area contributed by atoms with Crippen molar-refractivity contribution < 1.29 is 19.1 Å². The molecule has 4 heteroatoms. The molecule has 1 aliphatic rings. The summed E-state index contributed by atoms with van der Waals surface area (Å²) in [7, 11) is 0. The molecule has 18 heavy (non-hydrogen) atoms. The lowest BCUT2D eigenvalue weighted by molar-refractivity contribution is -0.164. The first-order chi connectivity index (χ1) is 8.28. The number of hydrogen-bond donors (Lipinski definition) is 0. The maximum Gasteiger partial charge on any atom is 0.309 e. The molecule has 1 fully saturated rings. The second kappa shape index (κ2) is 6.21. The molecule has 0 spiro atoms. The highest BCUT2D eigenvalue weighted by Crippen LogP contribution is 2.22. The summed E-state index contributed by atoms with van der Waals surface area (Å²) in [6, 6.07) is 0. The molecule has 1 aliphatic carbocycles. The van der Waals surface area contributed by atoms with Gasteiger partial charge in [0.25, 0.3) is 0 Å². The third-order valence-corrected chi connectivity index (χ3v) is 2.88. The third kappa shape index (κ3) is 5.52. The van der Waals surface area contributed by atoms with Gasteiger partial charge in [-0.25, -0.2) is 0 Å². The van der Waals surface area contributed by atoms with Crippen LogP contribution in [0.25, 0.3) is 0 Å². The summed E-state index contributed by atoms with van der Waals surface area (Å²) in [6.07, 6.45) is 4.31. The Balaban J connectivity index is 2.31. The standard InChI is InChI=1S/C14H24O4/c1-10(13(16)18-14(2,3)4)9-12(15)17-11-7-5-6-8-11/h10-11H,5-9H2,1-4H3/t10-/m1/s1. The van der Waals surface area contributed by atoms with Gasteiger partial charge in [-0.1, -0.05) is 6.92 Å². The Hall–Kier alpha value is -1.06. The van der Waals surface area contributed by atoms with E-state index in [9.17, 15) is 9.59 Å². The molecule has 1 saturated carbocycles. The molecular formula is C14H24O4. The molecule has 0 aliphatic heterocycles. The molecule has 0 amide bonds. The topological polar surface area (TPSA) is 52.6 Å². The predicted molar refractivity (Wildman–Crippen MR) is 68.0 cm³/mol. The van der Waals surface area contributed by atoms with Crippen LogP contribution in [0, 0.1) is 5.92 Å². The maximum atomic E-state index is 11.7. The Kier molecular flexibility index (Phi) is 5.17. The summed E-state index contributed by atoms with van der Waals surface area (Å²) in [6.45, 7) is 7.14. The average molecular weight is 256 g/mol. The normalized spacial score (nSPS) is 18.4. The second-order valence-corrected chi connectivity index (χ2v) is 6.03. The van der Waals surface area contributed by atoms with Crippen LogP contribution in [-0.4, -0.2) is 23.6 Å². The van der Waals surface area contributed by atoms with Crippen LogP contribution >= 0.6 is 0 Å². The van der Waals surface area contributed by atoms with Crippen molar-refractivity contribution in [3.63, 3.8) is 0 Å². The van der Waals surface area contributed by atoms with Crippen molar-refractivity contribution in [2.45, 2.75) is 71.5 Å². The average Bonchev–Trinajstić information content (AvgIpc) is 2.67. The van der Waals surface area contributed by atoms with E-state index in [0.717, 1.165) is 25.7 Å². The van der Waals surface area contributed by atoms with E-state index in [0.29, 0.717) is 0 Å². The van der Waals surface area contributed by atoms with E-state index in [1.165, 1.54) is 0 Å². The lowest BCUT2D eigenvalue weighted by Crippen LogP contribution is -2.29. The van der Waals surface area contributed by atoms with E-state index in [1.807, 2.05) is 20.8 Å². The molecule has 1 atom stereocenters. The van der Waals surface area contributed by atoms with Crippen molar-refractivity contribution in [3.8, 4) is 0 Å². The first-order valence-corrected chi connectivity index (χ1v) is 6.70. The smallest absolute Gasteiger partial charge is 0.309 e.